The van der Waals surface area contributed by atoms with Crippen molar-refractivity contribution in [2.24, 2.45) is 0 Å². The second-order valence-electron chi connectivity index (χ2n) is 2.14. The third kappa shape index (κ3) is 2.58. The van der Waals surface area contributed by atoms with Gasteiger partial charge in [-0.1, -0.05) is 13.0 Å². The first-order valence-corrected chi connectivity index (χ1v) is 3.31. The minimum Gasteiger partial charge on any atom is -0.294 e. The number of ketones is 2. The predicted molar refractivity (Wildman–Crippen MR) is 39.7 cm³/mol. The van der Waals surface area contributed by atoms with Crippen LogP contribution in [0.2, 0.25) is 0 Å². The molecule has 0 saturated carbocycles. The third-order valence-corrected chi connectivity index (χ3v) is 1.17. The SMILES string of the molecule is CCC=C(C(C)=O)C(C)=O. The summed E-state index contributed by atoms with van der Waals surface area (Å²) in [5, 5.41) is 0. The molecule has 10 heavy (non-hydrogen) atoms. The van der Waals surface area contributed by atoms with Crippen LogP contribution in [0.25, 0.3) is 0 Å². The summed E-state index contributed by atoms with van der Waals surface area (Å²) in [4.78, 5) is 21.4. The van der Waals surface area contributed by atoms with E-state index in [1.54, 1.807) is 6.08 Å². The van der Waals surface area contributed by atoms with Gasteiger partial charge < -0.3 is 0 Å². The number of carbonyl (C=O) groups excluding carboxylic acids is 2. The van der Waals surface area contributed by atoms with E-state index in [4.69, 9.17) is 0 Å². The molecular formula is C8H12O2. The molecule has 0 spiro atoms. The molecule has 0 radical (unpaired) electrons. The van der Waals surface area contributed by atoms with Gasteiger partial charge in [-0.05, 0) is 20.3 Å². The van der Waals surface area contributed by atoms with E-state index < -0.39 is 0 Å². The zero-order valence-electron chi connectivity index (χ0n) is 6.60. The van der Waals surface area contributed by atoms with Gasteiger partial charge in [0.15, 0.2) is 11.6 Å². The van der Waals surface area contributed by atoms with Crippen molar-refractivity contribution in [3.63, 3.8) is 0 Å². The average Bonchev–Trinajstić information content (AvgIpc) is 1.81. The second-order valence-corrected chi connectivity index (χ2v) is 2.14. The Kier molecular flexibility index (Phi) is 3.62. The van der Waals surface area contributed by atoms with Crippen LogP contribution in [0, 0.1) is 0 Å². The summed E-state index contributed by atoms with van der Waals surface area (Å²) in [6.45, 7) is 4.71. The molecular weight excluding hydrogens is 128 g/mol. The van der Waals surface area contributed by atoms with E-state index in [2.05, 4.69) is 0 Å². The fraction of sp³-hybridized carbons (Fsp3) is 0.500. The first kappa shape index (κ1) is 9.08. The number of rotatable bonds is 3. The van der Waals surface area contributed by atoms with Crippen molar-refractivity contribution < 1.29 is 9.59 Å². The fourth-order valence-corrected chi connectivity index (χ4v) is 0.739. The van der Waals surface area contributed by atoms with E-state index in [-0.39, 0.29) is 11.6 Å². The van der Waals surface area contributed by atoms with Crippen LogP contribution >= 0.6 is 0 Å². The predicted octanol–water partition coefficient (Wildman–Crippen LogP) is 1.50. The summed E-state index contributed by atoms with van der Waals surface area (Å²) < 4.78 is 0. The van der Waals surface area contributed by atoms with Gasteiger partial charge in [-0.2, -0.15) is 0 Å². The highest BCUT2D eigenvalue weighted by molar-refractivity contribution is 6.18. The first-order chi connectivity index (χ1) is 4.59. The molecule has 56 valence electrons. The van der Waals surface area contributed by atoms with Crippen LogP contribution < -0.4 is 0 Å². The monoisotopic (exact) mass is 140 g/mol. The van der Waals surface area contributed by atoms with Gasteiger partial charge in [0.25, 0.3) is 0 Å². The Balaban J connectivity index is 4.42. The van der Waals surface area contributed by atoms with Gasteiger partial charge in [-0.25, -0.2) is 0 Å². The van der Waals surface area contributed by atoms with Crippen molar-refractivity contribution in [2.75, 3.05) is 0 Å². The Morgan fingerprint density at radius 3 is 1.70 bits per heavy atom. The normalized spacial score (nSPS) is 8.70. The Bertz CT molecular complexity index is 162. The molecule has 0 aromatic rings. The topological polar surface area (TPSA) is 34.1 Å². The van der Waals surface area contributed by atoms with Crippen LogP contribution in [0.3, 0.4) is 0 Å². The molecule has 0 aliphatic carbocycles. The highest BCUT2D eigenvalue weighted by Crippen LogP contribution is 1.99. The standard InChI is InChI=1S/C8H12O2/c1-4-5-8(6(2)9)7(3)10/h5H,4H2,1-3H3. The largest absolute Gasteiger partial charge is 0.294 e. The van der Waals surface area contributed by atoms with Crippen molar-refractivity contribution >= 4 is 11.6 Å². The lowest BCUT2D eigenvalue weighted by molar-refractivity contribution is -0.119. The highest BCUT2D eigenvalue weighted by Gasteiger charge is 2.06. The molecule has 0 aliphatic heterocycles. The lowest BCUT2D eigenvalue weighted by Crippen LogP contribution is -2.05. The van der Waals surface area contributed by atoms with Gasteiger partial charge in [-0.15, -0.1) is 0 Å². The van der Waals surface area contributed by atoms with Crippen molar-refractivity contribution in [1.82, 2.24) is 0 Å². The van der Waals surface area contributed by atoms with Crippen LogP contribution in [0.15, 0.2) is 11.6 Å². The number of carbonyl (C=O) groups is 2. The second kappa shape index (κ2) is 3.99. The third-order valence-electron chi connectivity index (χ3n) is 1.17. The van der Waals surface area contributed by atoms with E-state index in [1.807, 2.05) is 6.92 Å². The van der Waals surface area contributed by atoms with Gasteiger partial charge in [-0.3, -0.25) is 9.59 Å². The highest BCUT2D eigenvalue weighted by atomic mass is 16.1. The summed E-state index contributed by atoms with van der Waals surface area (Å²) in [7, 11) is 0. The zero-order chi connectivity index (χ0) is 8.15. The van der Waals surface area contributed by atoms with Crippen molar-refractivity contribution in [1.29, 1.82) is 0 Å². The number of hydrogen-bond acceptors (Lipinski definition) is 2. The van der Waals surface area contributed by atoms with Crippen LogP contribution in [0.5, 0.6) is 0 Å². The quantitative estimate of drug-likeness (QED) is 0.338. The van der Waals surface area contributed by atoms with Crippen molar-refractivity contribution in [3.05, 3.63) is 11.6 Å². The maximum absolute atomic E-state index is 10.7. The minimum absolute atomic E-state index is 0.144. The zero-order valence-corrected chi connectivity index (χ0v) is 6.60. The smallest absolute Gasteiger partial charge is 0.163 e. The van der Waals surface area contributed by atoms with E-state index in [0.29, 0.717) is 5.57 Å². The van der Waals surface area contributed by atoms with Crippen molar-refractivity contribution in [3.8, 4) is 0 Å². The number of hydrogen-bond donors (Lipinski definition) is 0. The number of Topliss-reactive ketones (excluding diaryl/α,β-unsaturated/α-hetero) is 2. The first-order valence-electron chi connectivity index (χ1n) is 3.31. The molecule has 0 amide bonds. The van der Waals surface area contributed by atoms with E-state index in [9.17, 15) is 9.59 Å². The molecule has 0 saturated heterocycles. The summed E-state index contributed by atoms with van der Waals surface area (Å²) in [6, 6.07) is 0. The van der Waals surface area contributed by atoms with Gasteiger partial charge in [0, 0.05) is 0 Å². The van der Waals surface area contributed by atoms with Gasteiger partial charge in [0.1, 0.15) is 0 Å². The molecule has 0 unspecified atom stereocenters. The van der Waals surface area contributed by atoms with Crippen molar-refractivity contribution in [2.45, 2.75) is 27.2 Å². The van der Waals surface area contributed by atoms with Gasteiger partial charge in [0.2, 0.25) is 0 Å². The fourth-order valence-electron chi connectivity index (χ4n) is 0.739. The lowest BCUT2D eigenvalue weighted by atomic mass is 10.1. The maximum Gasteiger partial charge on any atom is 0.163 e. The molecule has 0 aromatic carbocycles. The minimum atomic E-state index is -0.144. The Morgan fingerprint density at radius 1 is 1.20 bits per heavy atom. The molecule has 0 fully saturated rings. The van der Waals surface area contributed by atoms with E-state index >= 15 is 0 Å². The Labute approximate surface area is 60.9 Å². The van der Waals surface area contributed by atoms with Crippen LogP contribution in [0.1, 0.15) is 27.2 Å². The Hall–Kier alpha value is -0.920. The van der Waals surface area contributed by atoms with Crippen LogP contribution in [-0.4, -0.2) is 11.6 Å². The molecule has 2 heteroatoms. The van der Waals surface area contributed by atoms with E-state index in [1.165, 1.54) is 13.8 Å². The average molecular weight is 140 g/mol. The molecule has 0 rings (SSSR count). The molecule has 0 aromatic heterocycles. The summed E-state index contributed by atoms with van der Waals surface area (Å²) >= 11 is 0. The molecule has 0 atom stereocenters. The maximum atomic E-state index is 10.7. The molecule has 0 aliphatic rings. The summed E-state index contributed by atoms with van der Waals surface area (Å²) in [6.07, 6.45) is 2.39. The summed E-state index contributed by atoms with van der Waals surface area (Å²) in [5.41, 5.74) is 0.322. The Morgan fingerprint density at radius 2 is 1.60 bits per heavy atom. The molecule has 0 N–H and O–H groups in total. The lowest BCUT2D eigenvalue weighted by Gasteiger charge is -1.94. The molecule has 0 bridgehead atoms. The summed E-state index contributed by atoms with van der Waals surface area (Å²) in [5.74, 6) is -0.288. The number of allylic oxidation sites excluding steroid dienone is 2. The molecule has 2 nitrogen and oxygen atoms in total. The van der Waals surface area contributed by atoms with Gasteiger partial charge >= 0.3 is 0 Å². The van der Waals surface area contributed by atoms with E-state index in [0.717, 1.165) is 6.42 Å². The van der Waals surface area contributed by atoms with Crippen LogP contribution in [-0.2, 0) is 9.59 Å². The van der Waals surface area contributed by atoms with Crippen LogP contribution in [0.4, 0.5) is 0 Å². The van der Waals surface area contributed by atoms with Gasteiger partial charge in [0.05, 0.1) is 5.57 Å². The molecule has 0 heterocycles.